The first-order chi connectivity index (χ1) is 5.50. The van der Waals surface area contributed by atoms with Gasteiger partial charge in [0.2, 0.25) is 0 Å². The summed E-state index contributed by atoms with van der Waals surface area (Å²) >= 11 is 0. The van der Waals surface area contributed by atoms with E-state index in [1.54, 1.807) is 0 Å². The Kier molecular flexibility index (Phi) is 4.28. The number of hydrogen-bond acceptors (Lipinski definition) is 3. The van der Waals surface area contributed by atoms with Crippen molar-refractivity contribution in [3.63, 3.8) is 0 Å². The number of carbonyl (C=O) groups excluding carboxylic acids is 1. The molecular formula is C7H14N2O3. The van der Waals surface area contributed by atoms with Crippen molar-refractivity contribution in [2.24, 2.45) is 5.73 Å². The lowest BCUT2D eigenvalue weighted by atomic mass is 10.2. The van der Waals surface area contributed by atoms with Crippen molar-refractivity contribution >= 4 is 11.9 Å². The standard InChI is InChI=1S/C7H14N2O3/c1-3-4-9(2)6(10)5(8)7(11)12/h5H,3-4,8H2,1-2H3,(H,11,12). The summed E-state index contributed by atoms with van der Waals surface area (Å²) < 4.78 is 0. The predicted octanol–water partition coefficient (Wildman–Crippen LogP) is -0.733. The van der Waals surface area contributed by atoms with E-state index in [9.17, 15) is 9.59 Å². The minimum Gasteiger partial charge on any atom is -0.480 e. The van der Waals surface area contributed by atoms with E-state index in [0.29, 0.717) is 6.54 Å². The first-order valence-corrected chi connectivity index (χ1v) is 3.74. The van der Waals surface area contributed by atoms with Gasteiger partial charge in [-0.2, -0.15) is 0 Å². The van der Waals surface area contributed by atoms with Crippen LogP contribution in [0.4, 0.5) is 0 Å². The van der Waals surface area contributed by atoms with Gasteiger partial charge in [-0.15, -0.1) is 0 Å². The zero-order valence-corrected chi connectivity index (χ0v) is 7.28. The summed E-state index contributed by atoms with van der Waals surface area (Å²) in [4.78, 5) is 22.7. The molecule has 0 heterocycles. The van der Waals surface area contributed by atoms with E-state index in [4.69, 9.17) is 10.8 Å². The van der Waals surface area contributed by atoms with Gasteiger partial charge < -0.3 is 15.7 Å². The summed E-state index contributed by atoms with van der Waals surface area (Å²) in [5, 5.41) is 8.40. The van der Waals surface area contributed by atoms with E-state index in [1.165, 1.54) is 11.9 Å². The van der Waals surface area contributed by atoms with E-state index in [1.807, 2.05) is 6.92 Å². The van der Waals surface area contributed by atoms with Gasteiger partial charge in [-0.3, -0.25) is 4.79 Å². The fourth-order valence-electron chi connectivity index (χ4n) is 0.789. The molecule has 0 rings (SSSR count). The normalized spacial score (nSPS) is 12.2. The Labute approximate surface area is 71.1 Å². The van der Waals surface area contributed by atoms with Gasteiger partial charge in [0.25, 0.3) is 5.91 Å². The Bertz CT molecular complexity index is 181. The monoisotopic (exact) mass is 174 g/mol. The zero-order chi connectivity index (χ0) is 9.72. The molecule has 1 unspecified atom stereocenters. The molecule has 70 valence electrons. The molecular weight excluding hydrogens is 160 g/mol. The van der Waals surface area contributed by atoms with Crippen molar-refractivity contribution in [3.8, 4) is 0 Å². The number of aliphatic carboxylic acids is 1. The number of carboxylic acid groups (broad SMARTS) is 1. The SMILES string of the molecule is CCCN(C)C(=O)C(N)C(=O)O. The molecule has 5 nitrogen and oxygen atoms in total. The lowest BCUT2D eigenvalue weighted by Gasteiger charge is -2.17. The minimum absolute atomic E-state index is 0.528. The van der Waals surface area contributed by atoms with Crippen LogP contribution in [-0.4, -0.2) is 41.5 Å². The highest BCUT2D eigenvalue weighted by atomic mass is 16.4. The molecule has 0 saturated carbocycles. The fourth-order valence-corrected chi connectivity index (χ4v) is 0.789. The third-order valence-electron chi connectivity index (χ3n) is 1.47. The van der Waals surface area contributed by atoms with Crippen molar-refractivity contribution < 1.29 is 14.7 Å². The van der Waals surface area contributed by atoms with Gasteiger partial charge >= 0.3 is 5.97 Å². The van der Waals surface area contributed by atoms with E-state index in [0.717, 1.165) is 6.42 Å². The smallest absolute Gasteiger partial charge is 0.330 e. The van der Waals surface area contributed by atoms with Crippen LogP contribution in [0, 0.1) is 0 Å². The fraction of sp³-hybridized carbons (Fsp3) is 0.714. The molecule has 0 spiro atoms. The van der Waals surface area contributed by atoms with Crippen LogP contribution in [0.5, 0.6) is 0 Å². The highest BCUT2D eigenvalue weighted by Gasteiger charge is 2.23. The maximum atomic E-state index is 11.1. The number of amides is 1. The van der Waals surface area contributed by atoms with Gasteiger partial charge in [0.1, 0.15) is 0 Å². The highest BCUT2D eigenvalue weighted by molar-refractivity contribution is 6.00. The van der Waals surface area contributed by atoms with Crippen LogP contribution in [0.3, 0.4) is 0 Å². The van der Waals surface area contributed by atoms with Gasteiger partial charge in [0.05, 0.1) is 0 Å². The second kappa shape index (κ2) is 4.71. The van der Waals surface area contributed by atoms with Gasteiger partial charge in [-0.1, -0.05) is 6.92 Å². The second-order valence-electron chi connectivity index (χ2n) is 2.58. The predicted molar refractivity (Wildman–Crippen MR) is 43.5 cm³/mol. The number of likely N-dealkylation sites (N-methyl/N-ethyl adjacent to an activating group) is 1. The van der Waals surface area contributed by atoms with Crippen LogP contribution in [-0.2, 0) is 9.59 Å². The molecule has 0 aliphatic carbocycles. The second-order valence-corrected chi connectivity index (χ2v) is 2.58. The Morgan fingerprint density at radius 1 is 1.58 bits per heavy atom. The van der Waals surface area contributed by atoms with E-state index >= 15 is 0 Å². The lowest BCUT2D eigenvalue weighted by Crippen LogP contribution is -2.46. The third-order valence-corrected chi connectivity index (χ3v) is 1.47. The van der Waals surface area contributed by atoms with Crippen LogP contribution >= 0.6 is 0 Å². The maximum absolute atomic E-state index is 11.1. The first kappa shape index (κ1) is 10.9. The molecule has 0 fully saturated rings. The molecule has 0 aromatic heterocycles. The Hall–Kier alpha value is -1.10. The Morgan fingerprint density at radius 2 is 2.08 bits per heavy atom. The Morgan fingerprint density at radius 3 is 2.42 bits per heavy atom. The van der Waals surface area contributed by atoms with Crippen molar-refractivity contribution in [1.29, 1.82) is 0 Å². The van der Waals surface area contributed by atoms with Gasteiger partial charge in [0.15, 0.2) is 6.04 Å². The number of rotatable bonds is 4. The molecule has 0 aliphatic rings. The van der Waals surface area contributed by atoms with Crippen LogP contribution in [0.15, 0.2) is 0 Å². The molecule has 0 aromatic carbocycles. The van der Waals surface area contributed by atoms with Crippen molar-refractivity contribution in [3.05, 3.63) is 0 Å². The van der Waals surface area contributed by atoms with E-state index in [2.05, 4.69) is 0 Å². The van der Waals surface area contributed by atoms with Gasteiger partial charge in [-0.05, 0) is 6.42 Å². The Balaban J connectivity index is 4.09. The summed E-state index contributed by atoms with van der Waals surface area (Å²) in [6.07, 6.45) is 0.786. The van der Waals surface area contributed by atoms with Crippen molar-refractivity contribution in [2.45, 2.75) is 19.4 Å². The number of nitrogens with zero attached hydrogens (tertiary/aromatic N) is 1. The summed E-state index contributed by atoms with van der Waals surface area (Å²) in [5.74, 6) is -1.84. The lowest BCUT2D eigenvalue weighted by molar-refractivity contribution is -0.145. The number of nitrogens with two attached hydrogens (primary N) is 1. The van der Waals surface area contributed by atoms with Gasteiger partial charge in [-0.25, -0.2) is 4.79 Å². The van der Waals surface area contributed by atoms with Crippen LogP contribution in [0.1, 0.15) is 13.3 Å². The number of carbonyl (C=O) groups is 2. The van der Waals surface area contributed by atoms with Crippen LogP contribution in [0.25, 0.3) is 0 Å². The maximum Gasteiger partial charge on any atom is 0.330 e. The topological polar surface area (TPSA) is 83.6 Å². The molecule has 12 heavy (non-hydrogen) atoms. The van der Waals surface area contributed by atoms with Crippen molar-refractivity contribution in [2.75, 3.05) is 13.6 Å². The number of hydrogen-bond donors (Lipinski definition) is 2. The number of carboxylic acids is 1. The molecule has 3 N–H and O–H groups in total. The van der Waals surface area contributed by atoms with Gasteiger partial charge in [0, 0.05) is 13.6 Å². The summed E-state index contributed by atoms with van der Waals surface area (Å²) in [6, 6.07) is -1.43. The zero-order valence-electron chi connectivity index (χ0n) is 7.28. The molecule has 1 atom stereocenters. The first-order valence-electron chi connectivity index (χ1n) is 3.74. The molecule has 0 radical (unpaired) electrons. The largest absolute Gasteiger partial charge is 0.480 e. The summed E-state index contributed by atoms with van der Waals surface area (Å²) in [7, 11) is 1.54. The molecule has 5 heteroatoms. The molecule has 0 aliphatic heterocycles. The van der Waals surface area contributed by atoms with Crippen LogP contribution in [0.2, 0.25) is 0 Å². The minimum atomic E-state index is -1.43. The average Bonchev–Trinajstić information content (AvgIpc) is 2.02. The molecule has 0 bridgehead atoms. The molecule has 1 amide bonds. The van der Waals surface area contributed by atoms with E-state index < -0.39 is 17.9 Å². The highest BCUT2D eigenvalue weighted by Crippen LogP contribution is 1.91. The summed E-state index contributed by atoms with van der Waals surface area (Å²) in [6.45, 7) is 2.43. The van der Waals surface area contributed by atoms with E-state index in [-0.39, 0.29) is 0 Å². The average molecular weight is 174 g/mol. The molecule has 0 aromatic rings. The van der Waals surface area contributed by atoms with Crippen molar-refractivity contribution in [1.82, 2.24) is 4.90 Å². The quantitative estimate of drug-likeness (QED) is 0.550. The molecule has 0 saturated heterocycles. The summed E-state index contributed by atoms with van der Waals surface area (Å²) in [5.41, 5.74) is 5.10. The van der Waals surface area contributed by atoms with Crippen LogP contribution < -0.4 is 5.73 Å². The third kappa shape index (κ3) is 2.87.